The van der Waals surface area contributed by atoms with Gasteiger partial charge in [0, 0.05) is 42.7 Å². The van der Waals surface area contributed by atoms with Gasteiger partial charge in [-0.2, -0.15) is 4.31 Å². The van der Waals surface area contributed by atoms with Crippen LogP contribution < -0.4 is 5.32 Å². The highest BCUT2D eigenvalue weighted by Crippen LogP contribution is 2.32. The second-order valence-electron chi connectivity index (χ2n) is 8.80. The van der Waals surface area contributed by atoms with Gasteiger partial charge in [-0.1, -0.05) is 24.3 Å². The predicted octanol–water partition coefficient (Wildman–Crippen LogP) is 3.82. The van der Waals surface area contributed by atoms with Crippen molar-refractivity contribution in [1.29, 1.82) is 0 Å². The molecule has 1 N–H and O–H groups in total. The lowest BCUT2D eigenvalue weighted by Crippen LogP contribution is -2.38. The average molecular weight is 463 g/mol. The molecule has 170 valence electrons. The number of fused-ring (bicyclic) bond motifs is 1. The van der Waals surface area contributed by atoms with E-state index in [4.69, 9.17) is 0 Å². The lowest BCUT2D eigenvalue weighted by Gasteiger charge is -2.30. The van der Waals surface area contributed by atoms with Crippen LogP contribution in [0.25, 0.3) is 11.1 Å². The normalized spacial score (nSPS) is 17.1. The summed E-state index contributed by atoms with van der Waals surface area (Å²) < 4.78 is 27.8. The summed E-state index contributed by atoms with van der Waals surface area (Å²) in [7, 11) is -3.62. The lowest BCUT2D eigenvalue weighted by molar-refractivity contribution is -0.115. The molecule has 1 fully saturated rings. The number of hydrogen-bond donors (Lipinski definition) is 1. The van der Waals surface area contributed by atoms with Crippen molar-refractivity contribution in [3.05, 3.63) is 71.3 Å². The first-order valence-corrected chi connectivity index (χ1v) is 12.6. The fourth-order valence-electron chi connectivity index (χ4n) is 4.61. The van der Waals surface area contributed by atoms with Crippen molar-refractivity contribution in [3.8, 4) is 11.1 Å². The summed E-state index contributed by atoms with van der Waals surface area (Å²) in [5.41, 5.74) is 6.00. The van der Waals surface area contributed by atoms with Gasteiger partial charge in [-0.05, 0) is 61.1 Å². The zero-order valence-corrected chi connectivity index (χ0v) is 19.5. The van der Waals surface area contributed by atoms with E-state index in [1.165, 1.54) is 15.4 Å². The van der Waals surface area contributed by atoms with Gasteiger partial charge in [-0.25, -0.2) is 18.4 Å². The van der Waals surface area contributed by atoms with Crippen molar-refractivity contribution in [1.82, 2.24) is 14.3 Å². The third kappa shape index (κ3) is 4.05. The smallest absolute Gasteiger partial charge is 0.243 e. The molecule has 1 aromatic heterocycles. The summed E-state index contributed by atoms with van der Waals surface area (Å²) in [6.45, 7) is 5.02. The number of rotatable bonds is 4. The number of hydrogen-bond acceptors (Lipinski definition) is 5. The number of carbonyl (C=O) groups is 1. The van der Waals surface area contributed by atoms with Gasteiger partial charge in [0.15, 0.2) is 0 Å². The van der Waals surface area contributed by atoms with Crippen LogP contribution in [0.5, 0.6) is 0 Å². The van der Waals surface area contributed by atoms with E-state index in [0.29, 0.717) is 38.0 Å². The molecule has 1 saturated heterocycles. The Morgan fingerprint density at radius 2 is 1.76 bits per heavy atom. The number of amides is 1. The standard InChI is InChI=1S/C25H26N4O3S/c1-16-4-3-5-22(17(16)2)20-14-26-25(27-15-20)18-8-10-29(11-9-18)33(31,32)21-7-6-19-12-24(30)28-23(19)13-21/h3-7,13-15,18H,8-12H2,1-2H3,(H,28,30). The summed E-state index contributed by atoms with van der Waals surface area (Å²) in [5, 5.41) is 2.73. The summed E-state index contributed by atoms with van der Waals surface area (Å²) >= 11 is 0. The van der Waals surface area contributed by atoms with Crippen LogP contribution >= 0.6 is 0 Å². The lowest BCUT2D eigenvalue weighted by atomic mass is 9.96. The first-order chi connectivity index (χ1) is 15.8. The molecule has 33 heavy (non-hydrogen) atoms. The van der Waals surface area contributed by atoms with Crippen molar-refractivity contribution >= 4 is 21.6 Å². The van der Waals surface area contributed by atoms with E-state index in [1.54, 1.807) is 18.2 Å². The zero-order valence-electron chi connectivity index (χ0n) is 18.7. The average Bonchev–Trinajstić information content (AvgIpc) is 3.20. The van der Waals surface area contributed by atoms with E-state index >= 15 is 0 Å². The molecular formula is C25H26N4O3S. The number of benzene rings is 2. The molecule has 2 aliphatic heterocycles. The van der Waals surface area contributed by atoms with Crippen LogP contribution in [0.3, 0.4) is 0 Å². The number of aryl methyl sites for hydroxylation is 1. The van der Waals surface area contributed by atoms with E-state index in [1.807, 2.05) is 18.5 Å². The van der Waals surface area contributed by atoms with Gasteiger partial charge < -0.3 is 5.32 Å². The summed E-state index contributed by atoms with van der Waals surface area (Å²) in [5.74, 6) is 0.786. The van der Waals surface area contributed by atoms with Crippen LogP contribution in [-0.2, 0) is 21.2 Å². The molecule has 5 rings (SSSR count). The van der Waals surface area contributed by atoms with Crippen LogP contribution in [0.2, 0.25) is 0 Å². The molecule has 3 aromatic rings. The van der Waals surface area contributed by atoms with Crippen LogP contribution in [0, 0.1) is 13.8 Å². The van der Waals surface area contributed by atoms with E-state index in [2.05, 4.69) is 41.3 Å². The number of piperidine rings is 1. The quantitative estimate of drug-likeness (QED) is 0.636. The van der Waals surface area contributed by atoms with E-state index in [9.17, 15) is 13.2 Å². The Labute approximate surface area is 193 Å². The third-order valence-electron chi connectivity index (χ3n) is 6.75. The van der Waals surface area contributed by atoms with Crippen molar-refractivity contribution in [2.24, 2.45) is 0 Å². The Balaban J connectivity index is 1.28. The van der Waals surface area contributed by atoms with Crippen molar-refractivity contribution in [2.45, 2.75) is 43.9 Å². The molecule has 0 aliphatic carbocycles. The van der Waals surface area contributed by atoms with Crippen LogP contribution in [0.1, 0.15) is 41.3 Å². The molecule has 8 heteroatoms. The maximum Gasteiger partial charge on any atom is 0.243 e. The minimum absolute atomic E-state index is 0.107. The van der Waals surface area contributed by atoms with Gasteiger partial charge in [0.25, 0.3) is 0 Å². The Kier molecular flexibility index (Phi) is 5.50. The number of nitrogens with one attached hydrogen (secondary N) is 1. The number of carbonyl (C=O) groups excluding carboxylic acids is 1. The molecule has 2 aromatic carbocycles. The van der Waals surface area contributed by atoms with Gasteiger partial charge in [0.05, 0.1) is 11.3 Å². The molecule has 0 atom stereocenters. The SMILES string of the molecule is Cc1cccc(-c2cnc(C3CCN(S(=O)(=O)c4ccc5c(c4)NC(=O)C5)CC3)nc2)c1C. The van der Waals surface area contributed by atoms with Crippen molar-refractivity contribution in [3.63, 3.8) is 0 Å². The minimum atomic E-state index is -3.62. The molecule has 7 nitrogen and oxygen atoms in total. The van der Waals surface area contributed by atoms with Crippen molar-refractivity contribution in [2.75, 3.05) is 18.4 Å². The van der Waals surface area contributed by atoms with Gasteiger partial charge >= 0.3 is 0 Å². The molecule has 0 radical (unpaired) electrons. The maximum absolute atomic E-state index is 13.2. The highest BCUT2D eigenvalue weighted by molar-refractivity contribution is 7.89. The number of sulfonamides is 1. The Hall–Kier alpha value is -3.10. The summed E-state index contributed by atoms with van der Waals surface area (Å²) in [6, 6.07) is 11.1. The number of anilines is 1. The van der Waals surface area contributed by atoms with E-state index in [0.717, 1.165) is 22.5 Å². The molecule has 2 aliphatic rings. The predicted molar refractivity (Wildman–Crippen MR) is 126 cm³/mol. The van der Waals surface area contributed by atoms with Crippen LogP contribution in [0.4, 0.5) is 5.69 Å². The number of aromatic nitrogens is 2. The Morgan fingerprint density at radius 1 is 1.03 bits per heavy atom. The zero-order chi connectivity index (χ0) is 23.2. The maximum atomic E-state index is 13.2. The Morgan fingerprint density at radius 3 is 2.48 bits per heavy atom. The number of nitrogens with zero attached hydrogens (tertiary/aromatic N) is 3. The molecule has 0 unspecified atom stereocenters. The second-order valence-corrected chi connectivity index (χ2v) is 10.7. The Bertz CT molecular complexity index is 1330. The highest BCUT2D eigenvalue weighted by atomic mass is 32.2. The van der Waals surface area contributed by atoms with E-state index < -0.39 is 10.0 Å². The fraction of sp³-hybridized carbons (Fsp3) is 0.320. The first kappa shape index (κ1) is 21.7. The third-order valence-corrected chi connectivity index (χ3v) is 8.65. The topological polar surface area (TPSA) is 92.3 Å². The molecule has 0 bridgehead atoms. The van der Waals surface area contributed by atoms with E-state index in [-0.39, 0.29) is 16.7 Å². The molecule has 0 spiro atoms. The molecular weight excluding hydrogens is 436 g/mol. The molecule has 1 amide bonds. The molecule has 3 heterocycles. The second kappa shape index (κ2) is 8.35. The van der Waals surface area contributed by atoms with Crippen LogP contribution in [0.15, 0.2) is 53.7 Å². The van der Waals surface area contributed by atoms with Gasteiger partial charge in [-0.3, -0.25) is 4.79 Å². The minimum Gasteiger partial charge on any atom is -0.325 e. The van der Waals surface area contributed by atoms with Crippen molar-refractivity contribution < 1.29 is 13.2 Å². The van der Waals surface area contributed by atoms with Gasteiger partial charge in [0.1, 0.15) is 5.82 Å². The first-order valence-electron chi connectivity index (χ1n) is 11.1. The largest absolute Gasteiger partial charge is 0.325 e. The molecule has 0 saturated carbocycles. The highest BCUT2D eigenvalue weighted by Gasteiger charge is 2.32. The summed E-state index contributed by atoms with van der Waals surface area (Å²) in [4.78, 5) is 21.0. The van der Waals surface area contributed by atoms with Gasteiger partial charge in [0.2, 0.25) is 15.9 Å². The summed E-state index contributed by atoms with van der Waals surface area (Å²) in [6.07, 6.45) is 5.37. The fourth-order valence-corrected chi connectivity index (χ4v) is 6.11. The van der Waals surface area contributed by atoms with Gasteiger partial charge in [-0.15, -0.1) is 0 Å². The van der Waals surface area contributed by atoms with Crippen LogP contribution in [-0.4, -0.2) is 41.7 Å². The monoisotopic (exact) mass is 462 g/mol.